The largest absolute Gasteiger partial charge is 0.466 e. The fraction of sp³-hybridized carbons (Fsp3) is 0.533. The number of allylic oxidation sites excluding steroid dienone is 2. The molecule has 0 atom stereocenters. The summed E-state index contributed by atoms with van der Waals surface area (Å²) < 4.78 is 4.96. The van der Waals surface area contributed by atoms with Crippen LogP contribution in [0.3, 0.4) is 0 Å². The van der Waals surface area contributed by atoms with E-state index in [0.717, 1.165) is 35.3 Å². The number of carbonyl (C=O) groups excluding carboxylic acids is 2. The van der Waals surface area contributed by atoms with Crippen molar-refractivity contribution in [2.75, 3.05) is 19.7 Å². The summed E-state index contributed by atoms with van der Waals surface area (Å²) in [5, 5.41) is 0.945. The Morgan fingerprint density at radius 2 is 2.22 bits per heavy atom. The molecule has 7 nitrogen and oxygen atoms in total. The SMILES string of the molecule is CCOC(=O)CCCC1=C(C2=NC(=O)N=C2C)N2CCN=C2S1. The molecule has 0 fully saturated rings. The number of amidine groups is 1. The molecule has 0 aromatic heterocycles. The monoisotopic (exact) mass is 334 g/mol. The topological polar surface area (TPSA) is 83.7 Å². The van der Waals surface area contributed by atoms with E-state index in [4.69, 9.17) is 4.74 Å². The van der Waals surface area contributed by atoms with Crippen molar-refractivity contribution in [2.45, 2.75) is 33.1 Å². The molecule has 0 aliphatic carbocycles. The van der Waals surface area contributed by atoms with E-state index in [0.29, 0.717) is 30.9 Å². The Hall–Kier alpha value is -1.96. The van der Waals surface area contributed by atoms with Gasteiger partial charge in [-0.25, -0.2) is 4.79 Å². The van der Waals surface area contributed by atoms with E-state index >= 15 is 0 Å². The predicted octanol–water partition coefficient (Wildman–Crippen LogP) is 2.39. The molecule has 0 spiro atoms. The number of fused-ring (bicyclic) bond motifs is 1. The van der Waals surface area contributed by atoms with Gasteiger partial charge in [0.1, 0.15) is 5.71 Å². The highest BCUT2D eigenvalue weighted by atomic mass is 32.2. The molecule has 0 radical (unpaired) electrons. The molecule has 3 heterocycles. The van der Waals surface area contributed by atoms with Gasteiger partial charge in [0.2, 0.25) is 0 Å². The molecule has 0 N–H and O–H groups in total. The number of thioether (sulfide) groups is 1. The van der Waals surface area contributed by atoms with Crippen LogP contribution in [0.2, 0.25) is 0 Å². The van der Waals surface area contributed by atoms with Gasteiger partial charge >= 0.3 is 12.0 Å². The molecule has 2 amide bonds. The van der Waals surface area contributed by atoms with Gasteiger partial charge in [0.15, 0.2) is 5.17 Å². The van der Waals surface area contributed by atoms with Crippen LogP contribution in [-0.2, 0) is 9.53 Å². The summed E-state index contributed by atoms with van der Waals surface area (Å²) in [6.45, 7) is 5.54. The van der Waals surface area contributed by atoms with E-state index in [9.17, 15) is 9.59 Å². The molecule has 0 aromatic carbocycles. The van der Waals surface area contributed by atoms with Gasteiger partial charge < -0.3 is 9.64 Å². The summed E-state index contributed by atoms with van der Waals surface area (Å²) in [5.74, 6) is -0.179. The van der Waals surface area contributed by atoms with Crippen LogP contribution in [0.1, 0.15) is 33.1 Å². The standard InChI is InChI=1S/C15H18N4O3S/c1-3-22-11(20)6-4-5-10-13(12-9(2)17-14(21)18-12)19-8-7-16-15(19)23-10/h3-8H2,1-2H3. The van der Waals surface area contributed by atoms with E-state index < -0.39 is 6.03 Å². The molecule has 23 heavy (non-hydrogen) atoms. The lowest BCUT2D eigenvalue weighted by Gasteiger charge is -2.17. The maximum Gasteiger partial charge on any atom is 0.368 e. The van der Waals surface area contributed by atoms with E-state index in [2.05, 4.69) is 19.9 Å². The number of rotatable bonds is 6. The summed E-state index contributed by atoms with van der Waals surface area (Å²) in [6.07, 6.45) is 1.81. The first-order valence-corrected chi connectivity index (χ1v) is 8.49. The lowest BCUT2D eigenvalue weighted by atomic mass is 10.1. The van der Waals surface area contributed by atoms with Crippen molar-refractivity contribution in [3.8, 4) is 0 Å². The maximum atomic E-state index is 11.5. The minimum absolute atomic E-state index is 0.179. The van der Waals surface area contributed by atoms with Crippen LogP contribution in [0.25, 0.3) is 0 Å². The number of urea groups is 1. The first-order chi connectivity index (χ1) is 11.1. The number of hydrogen-bond donors (Lipinski definition) is 0. The molecule has 0 saturated carbocycles. The molecule has 0 bridgehead atoms. The molecule has 0 saturated heterocycles. The second-order valence-electron chi connectivity index (χ2n) is 5.29. The zero-order valence-electron chi connectivity index (χ0n) is 13.2. The Labute approximate surface area is 138 Å². The molecular formula is C15H18N4O3S. The summed E-state index contributed by atoms with van der Waals surface area (Å²) in [6, 6.07) is -0.453. The summed E-state index contributed by atoms with van der Waals surface area (Å²) in [4.78, 5) is 38.6. The molecule has 122 valence electrons. The van der Waals surface area contributed by atoms with E-state index in [1.54, 1.807) is 25.6 Å². The van der Waals surface area contributed by atoms with Gasteiger partial charge in [0.05, 0.1) is 24.6 Å². The van der Waals surface area contributed by atoms with Crippen molar-refractivity contribution in [1.82, 2.24) is 4.90 Å². The zero-order chi connectivity index (χ0) is 16.4. The lowest BCUT2D eigenvalue weighted by molar-refractivity contribution is -0.143. The number of carbonyl (C=O) groups is 2. The predicted molar refractivity (Wildman–Crippen MR) is 90.0 cm³/mol. The Kier molecular flexibility index (Phi) is 4.61. The second-order valence-corrected chi connectivity index (χ2v) is 6.35. The van der Waals surface area contributed by atoms with Crippen LogP contribution in [0.15, 0.2) is 25.6 Å². The number of aliphatic imine (C=N–C) groups is 3. The van der Waals surface area contributed by atoms with Crippen molar-refractivity contribution in [3.05, 3.63) is 10.6 Å². The van der Waals surface area contributed by atoms with Gasteiger partial charge in [0.25, 0.3) is 0 Å². The average molecular weight is 334 g/mol. The van der Waals surface area contributed by atoms with E-state index in [-0.39, 0.29) is 5.97 Å². The third-order valence-electron chi connectivity index (χ3n) is 3.68. The fourth-order valence-electron chi connectivity index (χ4n) is 2.71. The van der Waals surface area contributed by atoms with Crippen molar-refractivity contribution >= 4 is 40.4 Å². The van der Waals surface area contributed by atoms with Crippen molar-refractivity contribution in [1.29, 1.82) is 0 Å². The van der Waals surface area contributed by atoms with Gasteiger partial charge in [-0.3, -0.25) is 9.79 Å². The minimum Gasteiger partial charge on any atom is -0.466 e. The minimum atomic E-state index is -0.453. The molecule has 8 heteroatoms. The fourth-order valence-corrected chi connectivity index (χ4v) is 3.93. The summed E-state index contributed by atoms with van der Waals surface area (Å²) >= 11 is 1.60. The van der Waals surface area contributed by atoms with Gasteiger partial charge in [-0.1, -0.05) is 11.8 Å². The normalized spacial score (nSPS) is 19.8. The molecule has 0 aromatic rings. The Morgan fingerprint density at radius 1 is 1.39 bits per heavy atom. The van der Waals surface area contributed by atoms with Crippen LogP contribution in [0, 0.1) is 0 Å². The smallest absolute Gasteiger partial charge is 0.368 e. The lowest BCUT2D eigenvalue weighted by Crippen LogP contribution is -2.28. The molecule has 3 rings (SSSR count). The Balaban J connectivity index is 1.77. The highest BCUT2D eigenvalue weighted by molar-refractivity contribution is 8.17. The highest BCUT2D eigenvalue weighted by Gasteiger charge is 2.36. The van der Waals surface area contributed by atoms with Gasteiger partial charge in [0, 0.05) is 17.9 Å². The Bertz CT molecular complexity index is 678. The van der Waals surface area contributed by atoms with Crippen molar-refractivity contribution < 1.29 is 14.3 Å². The van der Waals surface area contributed by atoms with Crippen LogP contribution >= 0.6 is 11.8 Å². The van der Waals surface area contributed by atoms with Gasteiger partial charge in [-0.2, -0.15) is 9.98 Å². The van der Waals surface area contributed by atoms with Crippen LogP contribution in [-0.4, -0.2) is 53.2 Å². The number of hydrogen-bond acceptors (Lipinski definition) is 6. The summed E-state index contributed by atoms with van der Waals surface area (Å²) in [5.41, 5.74) is 2.21. The first-order valence-electron chi connectivity index (χ1n) is 7.67. The van der Waals surface area contributed by atoms with E-state index in [1.807, 2.05) is 0 Å². The van der Waals surface area contributed by atoms with Crippen molar-refractivity contribution in [2.24, 2.45) is 15.0 Å². The third kappa shape index (κ3) is 3.21. The third-order valence-corrected chi connectivity index (χ3v) is 4.85. The first kappa shape index (κ1) is 15.9. The maximum absolute atomic E-state index is 11.5. The second kappa shape index (κ2) is 6.66. The number of amides is 2. The summed E-state index contributed by atoms with van der Waals surface area (Å²) in [7, 11) is 0. The van der Waals surface area contributed by atoms with Crippen LogP contribution < -0.4 is 0 Å². The van der Waals surface area contributed by atoms with Gasteiger partial charge in [-0.05, 0) is 26.7 Å². The average Bonchev–Trinajstić information content (AvgIpc) is 3.14. The molecule has 0 unspecified atom stereocenters. The van der Waals surface area contributed by atoms with Crippen LogP contribution in [0.5, 0.6) is 0 Å². The number of nitrogens with zero attached hydrogens (tertiary/aromatic N) is 4. The number of esters is 1. The molecule has 3 aliphatic rings. The number of ether oxygens (including phenoxy) is 1. The van der Waals surface area contributed by atoms with Crippen molar-refractivity contribution in [3.63, 3.8) is 0 Å². The van der Waals surface area contributed by atoms with Gasteiger partial charge in [-0.15, -0.1) is 0 Å². The quantitative estimate of drug-likeness (QED) is 0.696. The van der Waals surface area contributed by atoms with Crippen LogP contribution in [0.4, 0.5) is 4.79 Å². The Morgan fingerprint density at radius 3 is 2.91 bits per heavy atom. The molecule has 3 aliphatic heterocycles. The van der Waals surface area contributed by atoms with E-state index in [1.165, 1.54) is 0 Å². The highest BCUT2D eigenvalue weighted by Crippen LogP contribution is 2.40. The molecular weight excluding hydrogens is 316 g/mol. The zero-order valence-corrected chi connectivity index (χ0v) is 14.0.